The molecule has 0 atom stereocenters. The minimum atomic E-state index is 0.270. The predicted molar refractivity (Wildman–Crippen MR) is 148 cm³/mol. The number of aromatic hydroxyl groups is 1. The Hall–Kier alpha value is -4.41. The van der Waals surface area contributed by atoms with E-state index in [9.17, 15) is 5.11 Å². The maximum absolute atomic E-state index is 9.93. The Bertz CT molecular complexity index is 2120. The molecule has 0 radical (unpaired) electrons. The molecule has 8 aromatic rings. The highest BCUT2D eigenvalue weighted by Gasteiger charge is 2.19. The molecule has 3 heterocycles. The van der Waals surface area contributed by atoms with Crippen molar-refractivity contribution >= 4 is 69.7 Å². The standard InChI is InChI=1S/C31H18N2OS/c34-22-12-9-19(10-13-22)25-17-33-26-14-11-18-5-3-4-8-23(18)29(26)32-31(33)30-28(25)24-15-20-6-1-2-7-21(20)16-27(24)35-30/h1-17,34H. The van der Waals surface area contributed by atoms with Gasteiger partial charge in [0, 0.05) is 32.6 Å². The van der Waals surface area contributed by atoms with Gasteiger partial charge in [0.15, 0.2) is 5.65 Å². The van der Waals surface area contributed by atoms with Crippen LogP contribution in [-0.4, -0.2) is 14.5 Å². The van der Waals surface area contributed by atoms with Crippen LogP contribution < -0.4 is 0 Å². The van der Waals surface area contributed by atoms with E-state index in [1.807, 2.05) is 12.1 Å². The molecule has 5 aromatic carbocycles. The van der Waals surface area contributed by atoms with Crippen molar-refractivity contribution in [1.82, 2.24) is 9.38 Å². The van der Waals surface area contributed by atoms with E-state index in [0.717, 1.165) is 27.8 Å². The molecular weight excluding hydrogens is 448 g/mol. The van der Waals surface area contributed by atoms with Gasteiger partial charge in [-0.15, -0.1) is 11.3 Å². The zero-order chi connectivity index (χ0) is 23.1. The highest BCUT2D eigenvalue weighted by Crippen LogP contribution is 2.44. The summed E-state index contributed by atoms with van der Waals surface area (Å²) in [5.74, 6) is 0.270. The zero-order valence-electron chi connectivity index (χ0n) is 18.6. The smallest absolute Gasteiger partial charge is 0.156 e. The van der Waals surface area contributed by atoms with Crippen LogP contribution in [0.5, 0.6) is 5.75 Å². The molecule has 0 spiro atoms. The summed E-state index contributed by atoms with van der Waals surface area (Å²) in [6.45, 7) is 0. The van der Waals surface area contributed by atoms with Crippen molar-refractivity contribution < 1.29 is 5.11 Å². The van der Waals surface area contributed by atoms with Crippen LogP contribution in [0, 0.1) is 0 Å². The summed E-state index contributed by atoms with van der Waals surface area (Å²) >= 11 is 1.81. The van der Waals surface area contributed by atoms with Gasteiger partial charge in [-0.2, -0.15) is 0 Å². The minimum absolute atomic E-state index is 0.270. The van der Waals surface area contributed by atoms with E-state index in [1.165, 1.54) is 41.7 Å². The van der Waals surface area contributed by atoms with Gasteiger partial charge in [-0.1, -0.05) is 66.7 Å². The summed E-state index contributed by atoms with van der Waals surface area (Å²) < 4.78 is 4.67. The van der Waals surface area contributed by atoms with Crippen molar-refractivity contribution in [3.63, 3.8) is 0 Å². The number of imidazole rings is 1. The van der Waals surface area contributed by atoms with Crippen molar-refractivity contribution in [3.8, 4) is 16.9 Å². The fourth-order valence-electron chi connectivity index (χ4n) is 5.38. The van der Waals surface area contributed by atoms with E-state index in [0.29, 0.717) is 0 Å². The van der Waals surface area contributed by atoms with E-state index in [4.69, 9.17) is 4.98 Å². The second-order valence-electron chi connectivity index (χ2n) is 9.05. The third-order valence-electron chi connectivity index (χ3n) is 7.05. The number of aromatic nitrogens is 2. The molecule has 164 valence electrons. The molecule has 0 aliphatic heterocycles. The van der Waals surface area contributed by atoms with Crippen molar-refractivity contribution in [1.29, 1.82) is 0 Å². The first-order valence-corrected chi connectivity index (χ1v) is 12.4. The molecule has 0 saturated heterocycles. The SMILES string of the molecule is Oc1ccc(-c2cn3c4ccc5ccccc5c4nc3c3sc4cc5ccccc5cc4c23)cc1. The average molecular weight is 467 g/mol. The molecule has 0 fully saturated rings. The number of rotatable bonds is 1. The summed E-state index contributed by atoms with van der Waals surface area (Å²) in [6.07, 6.45) is 2.22. The number of phenolic OH excluding ortho intramolecular Hbond substituents is 1. The second kappa shape index (κ2) is 6.81. The second-order valence-corrected chi connectivity index (χ2v) is 10.1. The fourth-order valence-corrected chi connectivity index (χ4v) is 6.62. The van der Waals surface area contributed by atoms with Gasteiger partial charge in [-0.25, -0.2) is 4.98 Å². The molecule has 0 amide bonds. The van der Waals surface area contributed by atoms with Gasteiger partial charge in [-0.05, 0) is 52.1 Å². The number of fused-ring (bicyclic) bond motifs is 10. The summed E-state index contributed by atoms with van der Waals surface area (Å²) in [5.41, 5.74) is 5.32. The van der Waals surface area contributed by atoms with E-state index in [1.54, 1.807) is 23.5 Å². The van der Waals surface area contributed by atoms with Crippen molar-refractivity contribution in [2.75, 3.05) is 0 Å². The molecule has 0 unspecified atom stereocenters. The van der Waals surface area contributed by atoms with Crippen molar-refractivity contribution in [2.24, 2.45) is 0 Å². The molecule has 3 aromatic heterocycles. The van der Waals surface area contributed by atoms with Gasteiger partial charge in [0.25, 0.3) is 0 Å². The zero-order valence-corrected chi connectivity index (χ0v) is 19.4. The summed E-state index contributed by atoms with van der Waals surface area (Å²) in [7, 11) is 0. The number of pyridine rings is 1. The van der Waals surface area contributed by atoms with E-state index < -0.39 is 0 Å². The van der Waals surface area contributed by atoms with Crippen LogP contribution in [0.3, 0.4) is 0 Å². The number of benzene rings is 5. The van der Waals surface area contributed by atoms with Gasteiger partial charge in [0.05, 0.1) is 15.7 Å². The Balaban J connectivity index is 1.61. The highest BCUT2D eigenvalue weighted by molar-refractivity contribution is 7.26. The Morgan fingerprint density at radius 1 is 0.714 bits per heavy atom. The first-order valence-electron chi connectivity index (χ1n) is 11.6. The maximum Gasteiger partial charge on any atom is 0.156 e. The summed E-state index contributed by atoms with van der Waals surface area (Å²) in [4.78, 5) is 5.22. The van der Waals surface area contributed by atoms with E-state index in [2.05, 4.69) is 83.4 Å². The van der Waals surface area contributed by atoms with Crippen LogP contribution in [-0.2, 0) is 0 Å². The van der Waals surface area contributed by atoms with Crippen LogP contribution in [0.4, 0.5) is 0 Å². The lowest BCUT2D eigenvalue weighted by Crippen LogP contribution is -1.89. The predicted octanol–water partition coefficient (Wildman–Crippen LogP) is 8.53. The van der Waals surface area contributed by atoms with Gasteiger partial charge >= 0.3 is 0 Å². The molecule has 0 aliphatic carbocycles. The van der Waals surface area contributed by atoms with Crippen LogP contribution >= 0.6 is 11.3 Å². The van der Waals surface area contributed by atoms with Crippen molar-refractivity contribution in [3.05, 3.63) is 103 Å². The monoisotopic (exact) mass is 466 g/mol. The molecule has 0 bridgehead atoms. The highest BCUT2D eigenvalue weighted by atomic mass is 32.1. The molecule has 0 saturated carbocycles. The van der Waals surface area contributed by atoms with Crippen molar-refractivity contribution in [2.45, 2.75) is 0 Å². The maximum atomic E-state index is 9.93. The Morgan fingerprint density at radius 3 is 2.29 bits per heavy atom. The van der Waals surface area contributed by atoms with Crippen LogP contribution in [0.15, 0.2) is 103 Å². The first-order chi connectivity index (χ1) is 17.2. The lowest BCUT2D eigenvalue weighted by molar-refractivity contribution is 0.475. The van der Waals surface area contributed by atoms with Gasteiger partial charge in [0.2, 0.25) is 0 Å². The van der Waals surface area contributed by atoms with Crippen LogP contribution in [0.2, 0.25) is 0 Å². The van der Waals surface area contributed by atoms with Gasteiger partial charge < -0.3 is 5.11 Å². The van der Waals surface area contributed by atoms with Gasteiger partial charge in [-0.3, -0.25) is 4.40 Å². The van der Waals surface area contributed by atoms with Crippen LogP contribution in [0.1, 0.15) is 0 Å². The lowest BCUT2D eigenvalue weighted by Gasteiger charge is -2.08. The summed E-state index contributed by atoms with van der Waals surface area (Å²) in [6, 6.07) is 33.4. The average Bonchev–Trinajstić information content (AvgIpc) is 3.46. The number of thiophene rings is 1. The van der Waals surface area contributed by atoms with Crippen LogP contribution in [0.25, 0.3) is 69.5 Å². The molecule has 35 heavy (non-hydrogen) atoms. The molecule has 3 nitrogen and oxygen atoms in total. The normalized spacial score (nSPS) is 12.1. The fraction of sp³-hybridized carbons (Fsp3) is 0. The first kappa shape index (κ1) is 19.0. The largest absolute Gasteiger partial charge is 0.508 e. The Kier molecular flexibility index (Phi) is 3.69. The molecule has 8 rings (SSSR count). The topological polar surface area (TPSA) is 37.5 Å². The van der Waals surface area contributed by atoms with E-state index in [-0.39, 0.29) is 5.75 Å². The number of hydrogen-bond donors (Lipinski definition) is 1. The van der Waals surface area contributed by atoms with Gasteiger partial charge in [0.1, 0.15) is 5.75 Å². The molecule has 4 heteroatoms. The van der Waals surface area contributed by atoms with E-state index >= 15 is 0 Å². The number of hydrogen-bond acceptors (Lipinski definition) is 3. The number of nitrogens with zero attached hydrogens (tertiary/aromatic N) is 2. The Morgan fingerprint density at radius 2 is 1.46 bits per heavy atom. The quantitative estimate of drug-likeness (QED) is 0.263. The molecular formula is C31H18N2OS. The third kappa shape index (κ3) is 2.63. The molecule has 0 aliphatic rings. The molecule has 1 N–H and O–H groups in total. The number of phenols is 1. The lowest BCUT2D eigenvalue weighted by atomic mass is 9.99. The third-order valence-corrected chi connectivity index (χ3v) is 8.20. The Labute approximate surface area is 204 Å². The summed E-state index contributed by atoms with van der Waals surface area (Å²) in [5, 5.41) is 17.2. The minimum Gasteiger partial charge on any atom is -0.508 e.